The fraction of sp³-hybridized carbons (Fsp3) is 0.125. The number of nitrogens with zero attached hydrogens (tertiary/aromatic N) is 1. The Morgan fingerprint density at radius 3 is 2.67 bits per heavy atom. The fourth-order valence-electron chi connectivity index (χ4n) is 1.19. The molecule has 1 aromatic carbocycles. The molecule has 4 heteroatoms. The van der Waals surface area contributed by atoms with Crippen LogP contribution >= 0.6 is 0 Å². The van der Waals surface area contributed by atoms with Crippen LogP contribution in [-0.4, -0.2) is 30.9 Å². The average Bonchev–Trinajstić information content (AvgIpc) is 2.33. The van der Waals surface area contributed by atoms with Crippen molar-refractivity contribution in [2.75, 3.05) is 7.05 Å². The van der Waals surface area contributed by atoms with Gasteiger partial charge in [-0.1, -0.05) is 0 Å². The second-order valence-electron chi connectivity index (χ2n) is 2.55. The Kier molecular flexibility index (Phi) is 1.60. The molecule has 0 aromatic heterocycles. The molecule has 0 bridgehead atoms. The van der Waals surface area contributed by atoms with Crippen LogP contribution in [0.25, 0.3) is 0 Å². The second kappa shape index (κ2) is 2.51. The normalized spacial score (nSPS) is 21.2. The predicted octanol–water partition coefficient (Wildman–Crippen LogP) is -0.102. The first kappa shape index (κ1) is 7.65. The summed E-state index contributed by atoms with van der Waals surface area (Å²) in [5.41, 5.74) is 0.597. The summed E-state index contributed by atoms with van der Waals surface area (Å²) in [6, 6.07) is 7.07. The topological polar surface area (TPSA) is 37.4 Å². The van der Waals surface area contributed by atoms with Gasteiger partial charge in [0.25, 0.3) is 0 Å². The third-order valence-electron chi connectivity index (χ3n) is 1.84. The molecule has 0 aliphatic carbocycles. The summed E-state index contributed by atoms with van der Waals surface area (Å²) >= 11 is -2.23. The van der Waals surface area contributed by atoms with E-state index in [4.69, 9.17) is 0 Å². The molecule has 62 valence electrons. The number of amides is 1. The van der Waals surface area contributed by atoms with Crippen LogP contribution < -0.4 is 4.46 Å². The van der Waals surface area contributed by atoms with Crippen molar-refractivity contribution in [1.29, 1.82) is 0 Å². The van der Waals surface area contributed by atoms with E-state index in [-0.39, 0.29) is 5.91 Å². The van der Waals surface area contributed by atoms with Crippen molar-refractivity contribution in [3.63, 3.8) is 0 Å². The summed E-state index contributed by atoms with van der Waals surface area (Å²) in [4.78, 5) is 11.4. The van der Waals surface area contributed by atoms with Crippen molar-refractivity contribution in [1.82, 2.24) is 3.92 Å². The summed E-state index contributed by atoms with van der Waals surface area (Å²) in [7, 11) is 1.58. The SMILES string of the molecule is CN1C(=O)c2ccccc2[Se]1=O. The first-order valence-electron chi connectivity index (χ1n) is 3.51. The van der Waals surface area contributed by atoms with Crippen molar-refractivity contribution in [2.24, 2.45) is 0 Å². The van der Waals surface area contributed by atoms with Crippen molar-refractivity contribution >= 4 is 24.4 Å². The van der Waals surface area contributed by atoms with E-state index in [0.717, 1.165) is 0 Å². The van der Waals surface area contributed by atoms with Gasteiger partial charge in [-0.05, 0) is 0 Å². The number of hydrogen-bond donors (Lipinski definition) is 0. The van der Waals surface area contributed by atoms with Gasteiger partial charge in [-0.25, -0.2) is 0 Å². The Morgan fingerprint density at radius 1 is 1.33 bits per heavy atom. The molecule has 1 aliphatic heterocycles. The summed E-state index contributed by atoms with van der Waals surface area (Å²) in [5.74, 6) is -0.120. The molecular weight excluding hydrogens is 221 g/mol. The van der Waals surface area contributed by atoms with Gasteiger partial charge in [0.1, 0.15) is 0 Å². The van der Waals surface area contributed by atoms with Gasteiger partial charge in [0.05, 0.1) is 0 Å². The molecule has 1 aromatic rings. The van der Waals surface area contributed by atoms with E-state index in [1.807, 2.05) is 0 Å². The molecule has 12 heavy (non-hydrogen) atoms. The molecule has 1 aliphatic rings. The standard InChI is InChI=1S/C8H7NO2Se/c1-9-8(10)6-4-2-3-5-7(6)12(9)11/h2-5H,1H3. The average molecular weight is 228 g/mol. The fourth-order valence-corrected chi connectivity index (χ4v) is 3.46. The van der Waals surface area contributed by atoms with Crippen molar-refractivity contribution in [3.8, 4) is 0 Å². The Labute approximate surface area is 74.3 Å². The number of hydrogen-bond acceptors (Lipinski definition) is 2. The molecule has 1 heterocycles. The van der Waals surface area contributed by atoms with Crippen LogP contribution in [0, 0.1) is 0 Å². The number of carbonyl (C=O) groups excluding carboxylic acids is 1. The van der Waals surface area contributed by atoms with Gasteiger partial charge in [0.2, 0.25) is 0 Å². The first-order chi connectivity index (χ1) is 5.72. The van der Waals surface area contributed by atoms with Gasteiger partial charge in [-0.2, -0.15) is 0 Å². The Bertz CT molecular complexity index is 340. The number of carbonyl (C=O) groups is 1. The molecule has 0 saturated carbocycles. The van der Waals surface area contributed by atoms with E-state index in [2.05, 4.69) is 0 Å². The van der Waals surface area contributed by atoms with Crippen LogP contribution in [-0.2, 0) is 3.83 Å². The van der Waals surface area contributed by atoms with Crippen molar-refractivity contribution in [2.45, 2.75) is 0 Å². The zero-order valence-corrected chi connectivity index (χ0v) is 8.19. The third-order valence-corrected chi connectivity index (χ3v) is 4.77. The van der Waals surface area contributed by atoms with Crippen molar-refractivity contribution < 1.29 is 8.63 Å². The van der Waals surface area contributed by atoms with Crippen LogP contribution in [0.5, 0.6) is 0 Å². The summed E-state index contributed by atoms with van der Waals surface area (Å²) < 4.78 is 13.6. The van der Waals surface area contributed by atoms with Gasteiger partial charge >= 0.3 is 73.8 Å². The quantitative estimate of drug-likeness (QED) is 0.581. The molecule has 0 saturated heterocycles. The van der Waals surface area contributed by atoms with Gasteiger partial charge < -0.3 is 0 Å². The van der Waals surface area contributed by atoms with Gasteiger partial charge in [-0.15, -0.1) is 0 Å². The predicted molar refractivity (Wildman–Crippen MR) is 44.6 cm³/mol. The number of benzene rings is 1. The van der Waals surface area contributed by atoms with E-state index < -0.39 is 14.1 Å². The van der Waals surface area contributed by atoms with Crippen LogP contribution in [0.4, 0.5) is 0 Å². The third kappa shape index (κ3) is 0.854. The molecule has 1 atom stereocenters. The minimum absolute atomic E-state index is 0.120. The molecule has 0 spiro atoms. The monoisotopic (exact) mass is 229 g/mol. The molecular formula is C8H7NO2Se. The van der Waals surface area contributed by atoms with E-state index in [9.17, 15) is 8.63 Å². The van der Waals surface area contributed by atoms with Crippen LogP contribution in [0.15, 0.2) is 24.3 Å². The Balaban J connectivity index is 2.67. The zero-order chi connectivity index (χ0) is 8.72. The van der Waals surface area contributed by atoms with E-state index >= 15 is 0 Å². The van der Waals surface area contributed by atoms with E-state index in [1.54, 1.807) is 31.3 Å². The van der Waals surface area contributed by atoms with Crippen LogP contribution in [0.2, 0.25) is 0 Å². The van der Waals surface area contributed by atoms with E-state index in [0.29, 0.717) is 10.0 Å². The second-order valence-corrected chi connectivity index (χ2v) is 5.67. The molecule has 0 N–H and O–H groups in total. The van der Waals surface area contributed by atoms with Crippen LogP contribution in [0.1, 0.15) is 10.4 Å². The summed E-state index contributed by atoms with van der Waals surface area (Å²) in [5, 5.41) is 0. The van der Waals surface area contributed by atoms with E-state index in [1.165, 1.54) is 3.92 Å². The first-order valence-corrected chi connectivity index (χ1v) is 5.83. The minimum atomic E-state index is -2.23. The van der Waals surface area contributed by atoms with Crippen LogP contribution in [0.3, 0.4) is 0 Å². The van der Waals surface area contributed by atoms with Gasteiger partial charge in [-0.3, -0.25) is 0 Å². The maximum absolute atomic E-state index is 11.5. The van der Waals surface area contributed by atoms with Gasteiger partial charge in [0.15, 0.2) is 0 Å². The van der Waals surface area contributed by atoms with Gasteiger partial charge in [0, 0.05) is 0 Å². The molecule has 3 nitrogen and oxygen atoms in total. The zero-order valence-electron chi connectivity index (χ0n) is 6.48. The number of fused-ring (bicyclic) bond motifs is 1. The number of rotatable bonds is 0. The molecule has 1 amide bonds. The summed E-state index contributed by atoms with van der Waals surface area (Å²) in [6.07, 6.45) is 0. The molecule has 0 radical (unpaired) electrons. The Hall–Kier alpha value is -0.991. The Morgan fingerprint density at radius 2 is 2.00 bits per heavy atom. The summed E-state index contributed by atoms with van der Waals surface area (Å²) in [6.45, 7) is 0. The molecule has 0 fully saturated rings. The van der Waals surface area contributed by atoms with Crippen molar-refractivity contribution in [3.05, 3.63) is 29.8 Å². The maximum atomic E-state index is 11.5. The molecule has 1 unspecified atom stereocenters. The molecule has 2 rings (SSSR count).